The van der Waals surface area contributed by atoms with Crippen LogP contribution in [0.15, 0.2) is 54.6 Å². The van der Waals surface area contributed by atoms with Gasteiger partial charge in [-0.2, -0.15) is 0 Å². The second kappa shape index (κ2) is 9.37. The second-order valence-electron chi connectivity index (χ2n) is 7.23. The number of carboxylic acid groups (broad SMARTS) is 1. The fourth-order valence-electron chi connectivity index (χ4n) is 2.47. The van der Waals surface area contributed by atoms with Gasteiger partial charge in [0.05, 0.1) is 0 Å². The van der Waals surface area contributed by atoms with Crippen LogP contribution in [0.1, 0.15) is 31.9 Å². The van der Waals surface area contributed by atoms with E-state index in [2.05, 4.69) is 5.32 Å². The maximum absolute atomic E-state index is 11.1. The van der Waals surface area contributed by atoms with Crippen LogP contribution in [0.2, 0.25) is 0 Å². The third-order valence-corrected chi connectivity index (χ3v) is 4.33. The molecular formula is C21H26N2O3S. The van der Waals surface area contributed by atoms with Crippen molar-refractivity contribution in [3.8, 4) is 5.75 Å². The molecule has 0 saturated carbocycles. The number of thiocarbonyl (C=S) groups is 1. The van der Waals surface area contributed by atoms with Gasteiger partial charge in [0.25, 0.3) is 0 Å². The van der Waals surface area contributed by atoms with Gasteiger partial charge in [-0.15, -0.1) is 0 Å². The molecule has 0 aliphatic carbocycles. The lowest BCUT2D eigenvalue weighted by atomic mass is 10.1. The largest absolute Gasteiger partial charge is 0.489 e. The van der Waals surface area contributed by atoms with Crippen LogP contribution in [0.5, 0.6) is 5.75 Å². The van der Waals surface area contributed by atoms with Gasteiger partial charge in [-0.1, -0.05) is 42.5 Å². The summed E-state index contributed by atoms with van der Waals surface area (Å²) in [5.41, 5.74) is 1.78. The number of rotatable bonds is 7. The average Bonchev–Trinajstić information content (AvgIpc) is 2.63. The molecule has 0 amide bonds. The zero-order valence-corrected chi connectivity index (χ0v) is 16.8. The Balaban J connectivity index is 1.88. The predicted octanol–water partition coefficient (Wildman–Crippen LogP) is 3.83. The third-order valence-electron chi connectivity index (χ3n) is 3.96. The summed E-state index contributed by atoms with van der Waals surface area (Å²) in [7, 11) is 0. The van der Waals surface area contributed by atoms with Crippen LogP contribution in [-0.4, -0.2) is 33.2 Å². The highest BCUT2D eigenvalue weighted by Crippen LogP contribution is 2.16. The van der Waals surface area contributed by atoms with E-state index in [0.29, 0.717) is 18.3 Å². The normalized spacial score (nSPS) is 10.9. The average molecular weight is 387 g/mol. The van der Waals surface area contributed by atoms with E-state index in [-0.39, 0.29) is 12.1 Å². The molecule has 0 atom stereocenters. The molecular weight excluding hydrogens is 360 g/mol. The van der Waals surface area contributed by atoms with E-state index >= 15 is 0 Å². The Hall–Kier alpha value is -2.60. The first-order valence-electron chi connectivity index (χ1n) is 8.78. The molecule has 0 radical (unpaired) electrons. The fourth-order valence-corrected chi connectivity index (χ4v) is 2.88. The lowest BCUT2D eigenvalue weighted by Gasteiger charge is -2.36. The number of nitrogens with one attached hydrogen (secondary N) is 1. The molecule has 0 unspecified atom stereocenters. The summed E-state index contributed by atoms with van der Waals surface area (Å²) in [5, 5.41) is 12.7. The number of aliphatic carboxylic acids is 1. The van der Waals surface area contributed by atoms with Crippen molar-refractivity contribution in [1.29, 1.82) is 0 Å². The highest BCUT2D eigenvalue weighted by atomic mass is 32.1. The molecule has 5 nitrogen and oxygen atoms in total. The van der Waals surface area contributed by atoms with Crippen molar-refractivity contribution in [2.24, 2.45) is 0 Å². The van der Waals surface area contributed by atoms with Crippen molar-refractivity contribution in [1.82, 2.24) is 10.2 Å². The summed E-state index contributed by atoms with van der Waals surface area (Å²) in [6.07, 6.45) is 0. The van der Waals surface area contributed by atoms with Crippen molar-refractivity contribution in [3.63, 3.8) is 0 Å². The van der Waals surface area contributed by atoms with Gasteiger partial charge < -0.3 is 20.1 Å². The second-order valence-corrected chi connectivity index (χ2v) is 7.61. The zero-order valence-electron chi connectivity index (χ0n) is 15.9. The third kappa shape index (κ3) is 6.90. The summed E-state index contributed by atoms with van der Waals surface area (Å²) >= 11 is 5.39. The molecule has 2 aromatic rings. The van der Waals surface area contributed by atoms with Crippen molar-refractivity contribution in [2.75, 3.05) is 6.54 Å². The van der Waals surface area contributed by atoms with Gasteiger partial charge in [-0.3, -0.25) is 4.79 Å². The van der Waals surface area contributed by atoms with E-state index in [9.17, 15) is 4.79 Å². The Labute approximate surface area is 166 Å². The Kier molecular flexibility index (Phi) is 7.19. The molecule has 6 heteroatoms. The number of carbonyl (C=O) groups is 1. The van der Waals surface area contributed by atoms with Crippen LogP contribution in [-0.2, 0) is 17.9 Å². The number of hydrogen-bond acceptors (Lipinski definition) is 3. The molecule has 144 valence electrons. The van der Waals surface area contributed by atoms with Crippen LogP contribution in [0.25, 0.3) is 0 Å². The smallest absolute Gasteiger partial charge is 0.323 e. The van der Waals surface area contributed by atoms with Gasteiger partial charge in [-0.05, 0) is 56.2 Å². The molecule has 0 aromatic heterocycles. The monoisotopic (exact) mass is 386 g/mol. The first-order valence-corrected chi connectivity index (χ1v) is 9.19. The van der Waals surface area contributed by atoms with Crippen LogP contribution in [0, 0.1) is 0 Å². The predicted molar refractivity (Wildman–Crippen MR) is 111 cm³/mol. The van der Waals surface area contributed by atoms with E-state index in [1.807, 2.05) is 75.4 Å². The minimum absolute atomic E-state index is 0.137. The summed E-state index contributed by atoms with van der Waals surface area (Å²) < 4.78 is 5.78. The van der Waals surface area contributed by atoms with E-state index < -0.39 is 5.97 Å². The van der Waals surface area contributed by atoms with Crippen molar-refractivity contribution < 1.29 is 14.6 Å². The quantitative estimate of drug-likeness (QED) is 0.706. The van der Waals surface area contributed by atoms with Gasteiger partial charge in [0.1, 0.15) is 18.9 Å². The van der Waals surface area contributed by atoms with E-state index in [1.54, 1.807) is 4.90 Å². The molecule has 0 fully saturated rings. The van der Waals surface area contributed by atoms with E-state index in [4.69, 9.17) is 22.1 Å². The Morgan fingerprint density at radius 1 is 1.07 bits per heavy atom. The number of ether oxygens (including phenoxy) is 1. The first-order chi connectivity index (χ1) is 12.8. The first kappa shape index (κ1) is 20.7. The molecule has 0 bridgehead atoms. The number of carboxylic acids is 1. The minimum Gasteiger partial charge on any atom is -0.489 e. The van der Waals surface area contributed by atoms with Crippen LogP contribution in [0.3, 0.4) is 0 Å². The van der Waals surface area contributed by atoms with Gasteiger partial charge in [0.15, 0.2) is 5.11 Å². The lowest BCUT2D eigenvalue weighted by molar-refractivity contribution is -0.138. The molecule has 0 aliphatic heterocycles. The maximum Gasteiger partial charge on any atom is 0.323 e. The molecule has 2 aromatic carbocycles. The molecule has 0 saturated heterocycles. The SMILES string of the molecule is CC(C)(C)N(CC(=O)O)C(=S)NCc1ccc(OCc2ccccc2)cc1. The summed E-state index contributed by atoms with van der Waals surface area (Å²) in [5.74, 6) is -0.110. The minimum atomic E-state index is -0.908. The topological polar surface area (TPSA) is 61.8 Å². The van der Waals surface area contributed by atoms with Crippen LogP contribution in [0.4, 0.5) is 0 Å². The molecule has 0 spiro atoms. The summed E-state index contributed by atoms with van der Waals surface area (Å²) in [6, 6.07) is 17.8. The maximum atomic E-state index is 11.1. The van der Waals surface area contributed by atoms with Gasteiger partial charge >= 0.3 is 5.97 Å². The van der Waals surface area contributed by atoms with Crippen molar-refractivity contribution in [3.05, 3.63) is 65.7 Å². The van der Waals surface area contributed by atoms with Gasteiger partial charge in [0.2, 0.25) is 0 Å². The van der Waals surface area contributed by atoms with Crippen molar-refractivity contribution in [2.45, 2.75) is 39.5 Å². The van der Waals surface area contributed by atoms with Crippen LogP contribution >= 0.6 is 12.2 Å². The highest BCUT2D eigenvalue weighted by molar-refractivity contribution is 7.80. The van der Waals surface area contributed by atoms with Gasteiger partial charge in [0, 0.05) is 12.1 Å². The Bertz CT molecular complexity index is 755. The van der Waals surface area contributed by atoms with E-state index in [1.165, 1.54) is 0 Å². The van der Waals surface area contributed by atoms with Crippen LogP contribution < -0.4 is 10.1 Å². The van der Waals surface area contributed by atoms with Crippen molar-refractivity contribution >= 4 is 23.3 Å². The summed E-state index contributed by atoms with van der Waals surface area (Å²) in [4.78, 5) is 12.8. The zero-order chi connectivity index (χ0) is 19.9. The number of hydrogen-bond donors (Lipinski definition) is 2. The van der Waals surface area contributed by atoms with E-state index in [0.717, 1.165) is 16.9 Å². The molecule has 27 heavy (non-hydrogen) atoms. The number of nitrogens with zero attached hydrogens (tertiary/aromatic N) is 1. The standard InChI is InChI=1S/C21H26N2O3S/c1-21(2,3)23(14-19(24)25)20(27)22-13-16-9-11-18(12-10-16)26-15-17-7-5-4-6-8-17/h4-12H,13-15H2,1-3H3,(H,22,27)(H,24,25). The van der Waals surface area contributed by atoms with Gasteiger partial charge in [-0.25, -0.2) is 0 Å². The summed E-state index contributed by atoms with van der Waals surface area (Å²) in [6.45, 7) is 6.71. The Morgan fingerprint density at radius 3 is 2.26 bits per heavy atom. The molecule has 0 aliphatic rings. The Morgan fingerprint density at radius 2 is 1.70 bits per heavy atom. The molecule has 0 heterocycles. The molecule has 2 N–H and O–H groups in total. The highest BCUT2D eigenvalue weighted by Gasteiger charge is 2.25. The molecule has 2 rings (SSSR count). The number of benzene rings is 2. The fraction of sp³-hybridized carbons (Fsp3) is 0.333. The lowest BCUT2D eigenvalue weighted by Crippen LogP contribution is -2.52.